The van der Waals surface area contributed by atoms with Gasteiger partial charge in [-0.3, -0.25) is 9.59 Å². The minimum absolute atomic E-state index is 0.0320. The number of likely N-dealkylation sites (tertiary alicyclic amines) is 1. The van der Waals surface area contributed by atoms with Crippen molar-refractivity contribution < 1.29 is 14.7 Å². The van der Waals surface area contributed by atoms with Gasteiger partial charge in [0.05, 0.1) is 12.6 Å². The van der Waals surface area contributed by atoms with Crippen molar-refractivity contribution >= 4 is 17.5 Å². The number of nitrogen functional groups attached to an aromatic ring is 1. The van der Waals surface area contributed by atoms with Crippen molar-refractivity contribution in [2.75, 3.05) is 25.4 Å². The molecule has 1 aromatic carbocycles. The Hall–Kier alpha value is -2.08. The van der Waals surface area contributed by atoms with Crippen molar-refractivity contribution in [1.82, 2.24) is 10.2 Å². The first kappa shape index (κ1) is 15.3. The maximum absolute atomic E-state index is 12.0. The molecule has 2 amide bonds. The first-order valence-corrected chi connectivity index (χ1v) is 7.07. The predicted octanol–water partition coefficient (Wildman–Crippen LogP) is 0.228. The first-order valence-electron chi connectivity index (χ1n) is 7.07. The molecular weight excluding hydrogens is 270 g/mol. The molecule has 0 aliphatic carbocycles. The fraction of sp³-hybridized carbons (Fsp3) is 0.467. The molecule has 21 heavy (non-hydrogen) atoms. The lowest BCUT2D eigenvalue weighted by atomic mass is 10.0. The zero-order valence-corrected chi connectivity index (χ0v) is 12.1. The highest BCUT2D eigenvalue weighted by atomic mass is 16.3. The van der Waals surface area contributed by atoms with E-state index in [0.29, 0.717) is 24.3 Å². The van der Waals surface area contributed by atoms with Crippen LogP contribution in [0, 0.1) is 5.92 Å². The molecule has 0 spiro atoms. The van der Waals surface area contributed by atoms with Crippen molar-refractivity contribution in [3.8, 4) is 0 Å². The number of anilines is 1. The second kappa shape index (κ2) is 6.58. The van der Waals surface area contributed by atoms with Gasteiger partial charge in [-0.1, -0.05) is 0 Å². The molecule has 6 heteroatoms. The molecule has 0 bridgehead atoms. The summed E-state index contributed by atoms with van der Waals surface area (Å²) in [5, 5.41) is 12.1. The molecule has 1 fully saturated rings. The first-order chi connectivity index (χ1) is 9.97. The van der Waals surface area contributed by atoms with Crippen LogP contribution in [0.5, 0.6) is 0 Å². The number of amides is 2. The van der Waals surface area contributed by atoms with Crippen molar-refractivity contribution in [3.63, 3.8) is 0 Å². The number of hydrogen-bond acceptors (Lipinski definition) is 4. The second-order valence-electron chi connectivity index (χ2n) is 5.43. The lowest BCUT2D eigenvalue weighted by Crippen LogP contribution is -2.39. The summed E-state index contributed by atoms with van der Waals surface area (Å²) in [7, 11) is 0. The molecule has 2 rings (SSSR count). The number of aliphatic hydroxyl groups excluding tert-OH is 1. The fourth-order valence-corrected chi connectivity index (χ4v) is 2.41. The van der Waals surface area contributed by atoms with Gasteiger partial charge in [-0.15, -0.1) is 0 Å². The third-order valence-corrected chi connectivity index (χ3v) is 3.83. The third-order valence-electron chi connectivity index (χ3n) is 3.83. The van der Waals surface area contributed by atoms with Crippen molar-refractivity contribution in [3.05, 3.63) is 29.8 Å². The molecule has 2 atom stereocenters. The number of carbonyl (C=O) groups is 2. The molecule has 2 unspecified atom stereocenters. The number of benzene rings is 1. The predicted molar refractivity (Wildman–Crippen MR) is 79.6 cm³/mol. The van der Waals surface area contributed by atoms with Gasteiger partial charge in [-0.2, -0.15) is 0 Å². The van der Waals surface area contributed by atoms with Crippen LogP contribution in [0.4, 0.5) is 5.69 Å². The van der Waals surface area contributed by atoms with E-state index in [9.17, 15) is 14.7 Å². The molecule has 114 valence electrons. The Morgan fingerprint density at radius 2 is 2.10 bits per heavy atom. The molecule has 0 aromatic heterocycles. The third kappa shape index (κ3) is 3.95. The lowest BCUT2D eigenvalue weighted by Gasteiger charge is -2.18. The van der Waals surface area contributed by atoms with Crippen molar-refractivity contribution in [2.24, 2.45) is 5.92 Å². The van der Waals surface area contributed by atoms with E-state index >= 15 is 0 Å². The van der Waals surface area contributed by atoms with Crippen LogP contribution in [0.25, 0.3) is 0 Å². The summed E-state index contributed by atoms with van der Waals surface area (Å²) in [5.74, 6) is -0.293. The summed E-state index contributed by atoms with van der Waals surface area (Å²) >= 11 is 0. The summed E-state index contributed by atoms with van der Waals surface area (Å²) in [5.41, 5.74) is 6.62. The summed E-state index contributed by atoms with van der Waals surface area (Å²) in [6.07, 6.45) is 0.391. The van der Waals surface area contributed by atoms with Gasteiger partial charge in [-0.05, 0) is 37.6 Å². The van der Waals surface area contributed by atoms with E-state index in [1.165, 1.54) is 0 Å². The van der Waals surface area contributed by atoms with Crippen LogP contribution >= 0.6 is 0 Å². The normalized spacial score (nSPS) is 19.3. The summed E-state index contributed by atoms with van der Waals surface area (Å²) < 4.78 is 0. The molecule has 1 heterocycles. The average Bonchev–Trinajstić information content (AvgIpc) is 2.95. The number of hydrogen-bond donors (Lipinski definition) is 3. The molecule has 1 aliphatic heterocycles. The monoisotopic (exact) mass is 291 g/mol. The SMILES string of the molecule is CC(O)C1CCN(C(=O)CNC(=O)c2ccc(N)cc2)C1. The number of aliphatic hydroxyl groups is 1. The minimum Gasteiger partial charge on any atom is -0.399 e. The number of carbonyl (C=O) groups excluding carboxylic acids is 2. The van der Waals surface area contributed by atoms with Crippen LogP contribution in [-0.2, 0) is 4.79 Å². The zero-order chi connectivity index (χ0) is 15.4. The van der Waals surface area contributed by atoms with Crippen LogP contribution in [0.3, 0.4) is 0 Å². The quantitative estimate of drug-likeness (QED) is 0.692. The van der Waals surface area contributed by atoms with E-state index in [4.69, 9.17) is 5.73 Å². The Balaban J connectivity index is 1.81. The van der Waals surface area contributed by atoms with Gasteiger partial charge in [0, 0.05) is 30.3 Å². The Kier molecular flexibility index (Phi) is 4.80. The van der Waals surface area contributed by atoms with Crippen LogP contribution in [0.1, 0.15) is 23.7 Å². The number of nitrogens with one attached hydrogen (secondary N) is 1. The smallest absolute Gasteiger partial charge is 0.251 e. The molecular formula is C15H21N3O3. The molecule has 1 aromatic rings. The fourth-order valence-electron chi connectivity index (χ4n) is 2.41. The van der Waals surface area contributed by atoms with Gasteiger partial charge in [-0.25, -0.2) is 0 Å². The van der Waals surface area contributed by atoms with Crippen LogP contribution in [0.2, 0.25) is 0 Å². The maximum atomic E-state index is 12.0. The van der Waals surface area contributed by atoms with E-state index in [2.05, 4.69) is 5.32 Å². The number of nitrogens with zero attached hydrogens (tertiary/aromatic N) is 1. The zero-order valence-electron chi connectivity index (χ0n) is 12.1. The minimum atomic E-state index is -0.410. The number of nitrogens with two attached hydrogens (primary N) is 1. The van der Waals surface area contributed by atoms with Crippen LogP contribution in [-0.4, -0.2) is 47.6 Å². The van der Waals surface area contributed by atoms with Gasteiger partial charge in [0.1, 0.15) is 0 Å². The highest BCUT2D eigenvalue weighted by Crippen LogP contribution is 2.19. The number of rotatable bonds is 4. The van der Waals surface area contributed by atoms with Gasteiger partial charge in [0.15, 0.2) is 0 Å². The van der Waals surface area contributed by atoms with E-state index in [1.807, 2.05) is 0 Å². The largest absolute Gasteiger partial charge is 0.399 e. The highest BCUT2D eigenvalue weighted by molar-refractivity contribution is 5.96. The highest BCUT2D eigenvalue weighted by Gasteiger charge is 2.28. The molecule has 0 saturated carbocycles. The van der Waals surface area contributed by atoms with E-state index < -0.39 is 6.10 Å². The lowest BCUT2D eigenvalue weighted by molar-refractivity contribution is -0.129. The molecule has 1 aliphatic rings. The Labute approximate surface area is 123 Å². The molecule has 0 radical (unpaired) electrons. The molecule has 4 N–H and O–H groups in total. The van der Waals surface area contributed by atoms with Gasteiger partial charge < -0.3 is 21.1 Å². The maximum Gasteiger partial charge on any atom is 0.251 e. The van der Waals surface area contributed by atoms with Gasteiger partial charge in [0.25, 0.3) is 5.91 Å². The Morgan fingerprint density at radius 3 is 2.67 bits per heavy atom. The van der Waals surface area contributed by atoms with E-state index in [1.54, 1.807) is 36.1 Å². The van der Waals surface area contributed by atoms with E-state index in [0.717, 1.165) is 6.42 Å². The van der Waals surface area contributed by atoms with Gasteiger partial charge in [0.2, 0.25) is 5.91 Å². The standard InChI is InChI=1S/C15H21N3O3/c1-10(19)12-6-7-18(9-12)14(20)8-17-15(21)11-2-4-13(16)5-3-11/h2-5,10,12,19H,6-9,16H2,1H3,(H,17,21). The van der Waals surface area contributed by atoms with Crippen molar-refractivity contribution in [2.45, 2.75) is 19.4 Å². The Bertz CT molecular complexity index is 513. The molecule has 6 nitrogen and oxygen atoms in total. The second-order valence-corrected chi connectivity index (χ2v) is 5.43. The van der Waals surface area contributed by atoms with Crippen molar-refractivity contribution in [1.29, 1.82) is 0 Å². The van der Waals surface area contributed by atoms with E-state index in [-0.39, 0.29) is 24.3 Å². The molecule has 1 saturated heterocycles. The average molecular weight is 291 g/mol. The Morgan fingerprint density at radius 1 is 1.43 bits per heavy atom. The summed E-state index contributed by atoms with van der Waals surface area (Å²) in [6.45, 7) is 2.89. The summed E-state index contributed by atoms with van der Waals surface area (Å²) in [4.78, 5) is 25.6. The van der Waals surface area contributed by atoms with Gasteiger partial charge >= 0.3 is 0 Å². The summed E-state index contributed by atoms with van der Waals surface area (Å²) in [6, 6.07) is 6.53. The van der Waals surface area contributed by atoms with Crippen LogP contribution in [0.15, 0.2) is 24.3 Å². The topological polar surface area (TPSA) is 95.7 Å². The van der Waals surface area contributed by atoms with Crippen LogP contribution < -0.4 is 11.1 Å².